The van der Waals surface area contributed by atoms with Crippen LogP contribution in [-0.4, -0.2) is 16.1 Å². The van der Waals surface area contributed by atoms with E-state index >= 15 is 0 Å². The fourth-order valence-electron chi connectivity index (χ4n) is 4.44. The number of carbonyl (C=O) groups is 1. The normalized spacial score (nSPS) is 11.9. The van der Waals surface area contributed by atoms with Crippen molar-refractivity contribution in [1.82, 2.24) is 10.0 Å². The molecule has 190 valence electrons. The molecule has 0 bridgehead atoms. The Bertz CT molecular complexity index is 1610. The molecule has 0 aliphatic carbocycles. The molecule has 8 heteroatoms. The molecule has 0 fully saturated rings. The van der Waals surface area contributed by atoms with E-state index in [1.165, 1.54) is 10.3 Å². The second-order valence-corrected chi connectivity index (χ2v) is 11.6. The third kappa shape index (κ3) is 5.59. The van der Waals surface area contributed by atoms with Gasteiger partial charge in [-0.15, -0.1) is 11.3 Å². The molecule has 5 N–H and O–H groups in total. The van der Waals surface area contributed by atoms with E-state index in [1.807, 2.05) is 63.4 Å². The third-order valence-electron chi connectivity index (χ3n) is 6.05. The highest BCUT2D eigenvalue weighted by atomic mass is 35.5. The Hall–Kier alpha value is -3.52. The second-order valence-electron chi connectivity index (χ2n) is 10.2. The topological polar surface area (TPSA) is 95.3 Å². The average molecular weight is 533 g/mol. The number of nitrogens with one attached hydrogen (secondary N) is 1. The molecule has 3 aromatic carbocycles. The molecule has 6 nitrogen and oxygen atoms in total. The molecule has 0 aliphatic rings. The largest absolute Gasteiger partial charge is 0.399 e. The van der Waals surface area contributed by atoms with E-state index in [9.17, 15) is 4.79 Å². The number of nitrogen functional groups attached to an aromatic ring is 2. The summed E-state index contributed by atoms with van der Waals surface area (Å²) in [6.45, 7) is 6.31. The molecule has 0 saturated heterocycles. The van der Waals surface area contributed by atoms with E-state index in [1.54, 1.807) is 17.4 Å². The van der Waals surface area contributed by atoms with Gasteiger partial charge in [-0.05, 0) is 96.3 Å². The lowest BCUT2D eigenvalue weighted by atomic mass is 10.0. The molecule has 0 spiro atoms. The van der Waals surface area contributed by atoms with Gasteiger partial charge in [0.05, 0.1) is 12.0 Å². The number of aromatic nitrogens is 1. The van der Waals surface area contributed by atoms with E-state index < -0.39 is 5.60 Å². The Balaban J connectivity index is 1.57. The number of hydrogen-bond donors (Lipinski definition) is 3. The summed E-state index contributed by atoms with van der Waals surface area (Å²) in [5, 5.41) is 5.02. The number of rotatable bonds is 6. The zero-order chi connectivity index (χ0) is 26.3. The van der Waals surface area contributed by atoms with Crippen LogP contribution in [0, 0.1) is 0 Å². The highest BCUT2D eigenvalue weighted by Crippen LogP contribution is 2.33. The van der Waals surface area contributed by atoms with Gasteiger partial charge in [-0.25, -0.2) is 5.48 Å². The van der Waals surface area contributed by atoms with E-state index in [0.717, 1.165) is 33.0 Å². The summed E-state index contributed by atoms with van der Waals surface area (Å²) in [6, 6.07) is 17.8. The summed E-state index contributed by atoms with van der Waals surface area (Å²) >= 11 is 8.00. The molecule has 0 radical (unpaired) electrons. The number of amides is 1. The maximum absolute atomic E-state index is 12.7. The molecule has 2 heterocycles. The molecule has 1 amide bonds. The second kappa shape index (κ2) is 9.74. The molecule has 0 aliphatic heterocycles. The highest BCUT2D eigenvalue weighted by molar-refractivity contribution is 7.17. The first kappa shape index (κ1) is 25.1. The van der Waals surface area contributed by atoms with Crippen LogP contribution in [0.5, 0.6) is 0 Å². The molecular weight excluding hydrogens is 504 g/mol. The minimum atomic E-state index is -0.473. The van der Waals surface area contributed by atoms with Crippen molar-refractivity contribution in [2.75, 3.05) is 11.5 Å². The Morgan fingerprint density at radius 1 is 0.973 bits per heavy atom. The van der Waals surface area contributed by atoms with Gasteiger partial charge in [0.2, 0.25) is 5.91 Å². The molecule has 2 aromatic heterocycles. The third-order valence-corrected chi connectivity index (χ3v) is 7.30. The van der Waals surface area contributed by atoms with Gasteiger partial charge >= 0.3 is 0 Å². The van der Waals surface area contributed by atoms with Crippen molar-refractivity contribution >= 4 is 61.2 Å². The van der Waals surface area contributed by atoms with Crippen molar-refractivity contribution in [3.05, 3.63) is 82.3 Å². The van der Waals surface area contributed by atoms with Crippen LogP contribution < -0.4 is 16.9 Å². The van der Waals surface area contributed by atoms with Crippen molar-refractivity contribution < 1.29 is 9.63 Å². The minimum Gasteiger partial charge on any atom is -0.399 e. The predicted molar refractivity (Wildman–Crippen MR) is 155 cm³/mol. The van der Waals surface area contributed by atoms with Gasteiger partial charge in [-0.1, -0.05) is 23.7 Å². The molecule has 5 aromatic rings. The average Bonchev–Trinajstić information content (AvgIpc) is 3.37. The predicted octanol–water partition coefficient (Wildman–Crippen LogP) is 6.78. The number of thiophene rings is 1. The first-order valence-corrected chi connectivity index (χ1v) is 13.2. The Labute approximate surface area is 224 Å². The first-order chi connectivity index (χ1) is 17.6. The van der Waals surface area contributed by atoms with E-state index in [4.69, 9.17) is 27.9 Å². The summed E-state index contributed by atoms with van der Waals surface area (Å²) in [5.74, 6) is -0.200. The number of fused-ring (bicyclic) bond motifs is 2. The van der Waals surface area contributed by atoms with Gasteiger partial charge in [0.15, 0.2) is 0 Å². The number of nitrogens with zero attached hydrogens (tertiary/aromatic N) is 1. The van der Waals surface area contributed by atoms with Crippen LogP contribution in [0.1, 0.15) is 31.9 Å². The summed E-state index contributed by atoms with van der Waals surface area (Å²) in [4.78, 5) is 18.2. The van der Waals surface area contributed by atoms with Crippen LogP contribution in [0.4, 0.5) is 11.4 Å². The van der Waals surface area contributed by atoms with E-state index in [-0.39, 0.29) is 12.3 Å². The van der Waals surface area contributed by atoms with Crippen LogP contribution in [-0.2, 0) is 22.6 Å². The number of halogens is 1. The smallest absolute Gasteiger partial charge is 0.248 e. The number of hydroxylamine groups is 1. The number of nitrogens with two attached hydrogens (primary N) is 2. The summed E-state index contributed by atoms with van der Waals surface area (Å²) in [6.07, 6.45) is 2.24. The standard InChI is InChI=1S/C29H29ClN4O2S/c1-29(2,3)36-33-28(35)11-19-14-34(15-20-16-37-27-7-5-21(30)12-25(20)27)26-10-17(4-6-24(19)26)18-8-22(31)13-23(32)9-18/h4-10,12-14,16H,11,15,31-32H2,1-3H3,(H,33,35). The highest BCUT2D eigenvalue weighted by Gasteiger charge is 2.17. The number of benzene rings is 3. The lowest BCUT2D eigenvalue weighted by Crippen LogP contribution is -2.34. The van der Waals surface area contributed by atoms with Gasteiger partial charge < -0.3 is 16.0 Å². The lowest BCUT2D eigenvalue weighted by molar-refractivity contribution is -0.144. The van der Waals surface area contributed by atoms with Crippen LogP contribution >= 0.6 is 22.9 Å². The van der Waals surface area contributed by atoms with Crippen LogP contribution in [0.25, 0.3) is 32.1 Å². The molecule has 0 unspecified atom stereocenters. The molecule has 0 saturated carbocycles. The number of carbonyl (C=O) groups excluding carboxylic acids is 1. The fraction of sp³-hybridized carbons (Fsp3) is 0.207. The fourth-order valence-corrected chi connectivity index (χ4v) is 5.55. The first-order valence-electron chi connectivity index (χ1n) is 12.0. The number of anilines is 2. The molecule has 5 rings (SSSR count). The molecule has 0 atom stereocenters. The molecule has 37 heavy (non-hydrogen) atoms. The monoisotopic (exact) mass is 532 g/mol. The van der Waals surface area contributed by atoms with Crippen molar-refractivity contribution in [2.24, 2.45) is 0 Å². The van der Waals surface area contributed by atoms with Crippen LogP contribution in [0.15, 0.2) is 66.2 Å². The van der Waals surface area contributed by atoms with Crippen molar-refractivity contribution in [2.45, 2.75) is 39.3 Å². The van der Waals surface area contributed by atoms with E-state index in [0.29, 0.717) is 22.9 Å². The summed E-state index contributed by atoms with van der Waals surface area (Å²) in [7, 11) is 0. The van der Waals surface area contributed by atoms with Crippen molar-refractivity contribution in [3.63, 3.8) is 0 Å². The zero-order valence-electron chi connectivity index (χ0n) is 21.0. The van der Waals surface area contributed by atoms with Gasteiger partial charge in [0.1, 0.15) is 0 Å². The Morgan fingerprint density at radius 3 is 2.46 bits per heavy atom. The maximum atomic E-state index is 12.7. The number of hydrogen-bond acceptors (Lipinski definition) is 5. The summed E-state index contributed by atoms with van der Waals surface area (Å²) in [5.41, 5.74) is 20.5. The van der Waals surface area contributed by atoms with Gasteiger partial charge in [-0.2, -0.15) is 0 Å². The quantitative estimate of drug-likeness (QED) is 0.166. The van der Waals surface area contributed by atoms with Gasteiger partial charge in [-0.3, -0.25) is 9.63 Å². The van der Waals surface area contributed by atoms with Crippen molar-refractivity contribution in [3.8, 4) is 11.1 Å². The van der Waals surface area contributed by atoms with Crippen molar-refractivity contribution in [1.29, 1.82) is 0 Å². The molecular formula is C29H29ClN4O2S. The SMILES string of the molecule is CC(C)(C)ONC(=O)Cc1cn(Cc2csc3ccc(Cl)cc23)c2cc(-c3cc(N)cc(N)c3)ccc12. The van der Waals surface area contributed by atoms with E-state index in [2.05, 4.69) is 27.6 Å². The zero-order valence-corrected chi connectivity index (χ0v) is 22.5. The maximum Gasteiger partial charge on any atom is 0.248 e. The van der Waals surface area contributed by atoms with Crippen LogP contribution in [0.3, 0.4) is 0 Å². The van der Waals surface area contributed by atoms with Gasteiger partial charge in [0.25, 0.3) is 0 Å². The van der Waals surface area contributed by atoms with Gasteiger partial charge in [0, 0.05) is 44.7 Å². The van der Waals surface area contributed by atoms with Crippen LogP contribution in [0.2, 0.25) is 5.02 Å². The Kier molecular flexibility index (Phi) is 6.62. The summed E-state index contributed by atoms with van der Waals surface area (Å²) < 4.78 is 3.37. The lowest BCUT2D eigenvalue weighted by Gasteiger charge is -2.18. The minimum absolute atomic E-state index is 0.195. The Morgan fingerprint density at radius 2 is 1.73 bits per heavy atom.